The molecule has 10 heteroatoms. The normalized spacial score (nSPS) is 25.2. The van der Waals surface area contributed by atoms with E-state index < -0.39 is 24.5 Å². The highest BCUT2D eigenvalue weighted by Crippen LogP contribution is 2.33. The first-order valence-electron chi connectivity index (χ1n) is 8.30. The number of fused-ring (bicyclic) bond motifs is 1. The second-order valence-electron chi connectivity index (χ2n) is 6.44. The Morgan fingerprint density at radius 3 is 2.93 bits per heavy atom. The molecule has 0 radical (unpaired) electrons. The molecule has 1 fully saturated rings. The van der Waals surface area contributed by atoms with Gasteiger partial charge in [-0.2, -0.15) is 0 Å². The van der Waals surface area contributed by atoms with Crippen molar-refractivity contribution in [3.63, 3.8) is 0 Å². The van der Waals surface area contributed by atoms with E-state index in [2.05, 4.69) is 48.9 Å². The summed E-state index contributed by atoms with van der Waals surface area (Å²) in [5.41, 5.74) is 0.384. The van der Waals surface area contributed by atoms with Gasteiger partial charge in [-0.25, -0.2) is 15.0 Å². The lowest BCUT2D eigenvalue weighted by Gasteiger charge is -2.24. The monoisotopic (exact) mass is 483 g/mol. The van der Waals surface area contributed by atoms with Crippen molar-refractivity contribution in [2.24, 2.45) is 0 Å². The zero-order chi connectivity index (χ0) is 19.0. The van der Waals surface area contributed by atoms with Crippen LogP contribution < -0.4 is 5.32 Å². The minimum atomic E-state index is -1.71. The predicted octanol–water partition coefficient (Wildman–Crippen LogP) is 0.656. The van der Waals surface area contributed by atoms with Crippen LogP contribution in [0.4, 0.5) is 5.82 Å². The highest BCUT2D eigenvalue weighted by molar-refractivity contribution is 14.1. The van der Waals surface area contributed by atoms with Crippen LogP contribution in [0.25, 0.3) is 11.2 Å². The zero-order valence-electron chi connectivity index (χ0n) is 14.2. The maximum absolute atomic E-state index is 10.3. The molecule has 0 aliphatic carbocycles. The van der Waals surface area contributed by atoms with Crippen molar-refractivity contribution in [3.8, 4) is 0 Å². The summed E-state index contributed by atoms with van der Waals surface area (Å²) >= 11 is 2.26. The summed E-state index contributed by atoms with van der Waals surface area (Å²) in [4.78, 5) is 12.8. The Bertz CT molecular complexity index is 967. The van der Waals surface area contributed by atoms with Crippen LogP contribution in [0.5, 0.6) is 0 Å². The second kappa shape index (κ2) is 7.28. The van der Waals surface area contributed by atoms with Gasteiger partial charge in [-0.3, -0.25) is 4.57 Å². The maximum atomic E-state index is 10.3. The van der Waals surface area contributed by atoms with E-state index >= 15 is 0 Å². The van der Waals surface area contributed by atoms with Gasteiger partial charge >= 0.3 is 0 Å². The van der Waals surface area contributed by atoms with Gasteiger partial charge in [0.2, 0.25) is 0 Å². The van der Waals surface area contributed by atoms with E-state index in [1.807, 2.05) is 18.2 Å². The summed E-state index contributed by atoms with van der Waals surface area (Å²) in [7, 11) is 0. The molecule has 1 aromatic carbocycles. The van der Waals surface area contributed by atoms with Crippen molar-refractivity contribution in [1.29, 1.82) is 0 Å². The van der Waals surface area contributed by atoms with Crippen LogP contribution in [-0.2, 0) is 11.3 Å². The van der Waals surface area contributed by atoms with E-state index in [4.69, 9.17) is 4.74 Å². The third-order valence-electron chi connectivity index (χ3n) is 4.58. The number of anilines is 1. The van der Waals surface area contributed by atoms with Crippen LogP contribution >= 0.6 is 22.6 Å². The summed E-state index contributed by atoms with van der Waals surface area (Å²) in [6.07, 6.45) is 0.674. The molecule has 4 N–H and O–H groups in total. The summed E-state index contributed by atoms with van der Waals surface area (Å²) in [5, 5.41) is 33.1. The molecule has 9 nitrogen and oxygen atoms in total. The van der Waals surface area contributed by atoms with Gasteiger partial charge in [-0.15, -0.1) is 0 Å². The number of rotatable bonds is 5. The lowest BCUT2D eigenvalue weighted by molar-refractivity contribution is -0.0873. The third kappa shape index (κ3) is 3.38. The Morgan fingerprint density at radius 1 is 1.33 bits per heavy atom. The Hall–Kier alpha value is -1.86. The van der Waals surface area contributed by atoms with Gasteiger partial charge in [0.15, 0.2) is 23.2 Å². The maximum Gasteiger partial charge on any atom is 0.167 e. The van der Waals surface area contributed by atoms with Crippen LogP contribution in [0.3, 0.4) is 0 Å². The van der Waals surface area contributed by atoms with Crippen LogP contribution in [0.15, 0.2) is 36.9 Å². The second-order valence-corrected chi connectivity index (χ2v) is 7.68. The molecule has 0 saturated carbocycles. The smallest absolute Gasteiger partial charge is 0.167 e. The van der Waals surface area contributed by atoms with Crippen molar-refractivity contribution in [2.75, 3.05) is 18.5 Å². The van der Waals surface area contributed by atoms with Crippen molar-refractivity contribution in [1.82, 2.24) is 19.5 Å². The Labute approximate surface area is 168 Å². The number of aromatic nitrogens is 4. The predicted molar refractivity (Wildman–Crippen MR) is 105 cm³/mol. The molecule has 1 saturated heterocycles. The molecule has 1 aliphatic heterocycles. The number of nitrogens with zero attached hydrogens (tertiary/aromatic N) is 4. The molecule has 1 aliphatic rings. The minimum absolute atomic E-state index is 0.183. The first-order valence-corrected chi connectivity index (χ1v) is 9.38. The molecule has 3 atom stereocenters. The molecule has 0 amide bonds. The fourth-order valence-electron chi connectivity index (χ4n) is 3.04. The van der Waals surface area contributed by atoms with Crippen LogP contribution in [0.2, 0.25) is 0 Å². The van der Waals surface area contributed by atoms with Gasteiger partial charge in [0.25, 0.3) is 0 Å². The van der Waals surface area contributed by atoms with Crippen molar-refractivity contribution in [3.05, 3.63) is 46.1 Å². The SMILES string of the molecule is OC[C@@]1(O)CO[C@@H](n2cnc3c(NCc4cccc(I)c4)ncnc32)[C@@H]1O. The number of aliphatic hydroxyl groups is 3. The quantitative estimate of drug-likeness (QED) is 0.390. The van der Waals surface area contributed by atoms with E-state index in [9.17, 15) is 15.3 Å². The molecule has 3 heterocycles. The number of halogens is 1. The zero-order valence-corrected chi connectivity index (χ0v) is 16.3. The number of aliphatic hydroxyl groups excluding tert-OH is 2. The van der Waals surface area contributed by atoms with E-state index in [-0.39, 0.29) is 6.61 Å². The van der Waals surface area contributed by atoms with E-state index in [0.717, 1.165) is 9.13 Å². The highest BCUT2D eigenvalue weighted by atomic mass is 127. The van der Waals surface area contributed by atoms with E-state index in [1.165, 1.54) is 17.2 Å². The molecule has 3 aromatic rings. The first kappa shape index (κ1) is 18.5. The summed E-state index contributed by atoms with van der Waals surface area (Å²) in [5.74, 6) is 0.558. The topological polar surface area (TPSA) is 126 Å². The van der Waals surface area contributed by atoms with Gasteiger partial charge in [0.1, 0.15) is 18.0 Å². The van der Waals surface area contributed by atoms with Gasteiger partial charge in [0.05, 0.1) is 19.5 Å². The summed E-state index contributed by atoms with van der Waals surface area (Å²) in [6.45, 7) is -0.213. The van der Waals surface area contributed by atoms with Crippen molar-refractivity contribution >= 4 is 39.6 Å². The third-order valence-corrected chi connectivity index (χ3v) is 5.25. The largest absolute Gasteiger partial charge is 0.393 e. The Morgan fingerprint density at radius 2 is 2.19 bits per heavy atom. The molecule has 2 aromatic heterocycles. The van der Waals surface area contributed by atoms with E-state index in [1.54, 1.807) is 0 Å². The fourth-order valence-corrected chi connectivity index (χ4v) is 3.65. The lowest BCUT2D eigenvalue weighted by atomic mass is 10.0. The van der Waals surface area contributed by atoms with Crippen molar-refractivity contribution in [2.45, 2.75) is 24.5 Å². The van der Waals surface area contributed by atoms with Gasteiger partial charge in [-0.05, 0) is 40.3 Å². The number of nitrogens with one attached hydrogen (secondary N) is 1. The Balaban J connectivity index is 1.60. The van der Waals surface area contributed by atoms with Crippen LogP contribution in [-0.4, -0.2) is 59.8 Å². The molecular formula is C17H18IN5O4. The number of ether oxygens (including phenoxy) is 1. The fraction of sp³-hybridized carbons (Fsp3) is 0.353. The standard InChI is InChI=1S/C17H18IN5O4/c18-11-3-1-2-10(4-11)5-19-14-12-15(21-8-20-14)23(9-22-12)16-13(25)17(26,6-24)7-27-16/h1-4,8-9,13,16,24-26H,5-7H2,(H,19,20,21)/t13-,16+,17+/m0/s1. The molecule has 0 unspecified atom stereocenters. The number of benzene rings is 1. The van der Waals surface area contributed by atoms with E-state index in [0.29, 0.717) is 23.5 Å². The molecule has 0 spiro atoms. The molecule has 0 bridgehead atoms. The molecule has 142 valence electrons. The number of imidazole rings is 1. The van der Waals surface area contributed by atoms with Crippen molar-refractivity contribution < 1.29 is 20.1 Å². The van der Waals surface area contributed by atoms with Gasteiger partial charge in [0, 0.05) is 10.1 Å². The van der Waals surface area contributed by atoms with Crippen LogP contribution in [0.1, 0.15) is 11.8 Å². The average Bonchev–Trinajstić information content (AvgIpc) is 3.22. The van der Waals surface area contributed by atoms with Gasteiger partial charge in [-0.1, -0.05) is 12.1 Å². The molecule has 4 rings (SSSR count). The lowest BCUT2D eigenvalue weighted by Crippen LogP contribution is -2.46. The van der Waals surface area contributed by atoms with Crippen LogP contribution in [0, 0.1) is 3.57 Å². The molecule has 27 heavy (non-hydrogen) atoms. The Kier molecular flexibility index (Phi) is 4.99. The average molecular weight is 483 g/mol. The summed E-state index contributed by atoms with van der Waals surface area (Å²) in [6, 6.07) is 8.10. The highest BCUT2D eigenvalue weighted by Gasteiger charge is 2.49. The number of hydrogen-bond donors (Lipinski definition) is 4. The summed E-state index contributed by atoms with van der Waals surface area (Å²) < 4.78 is 8.17. The first-order chi connectivity index (χ1) is 13.0. The number of hydrogen-bond acceptors (Lipinski definition) is 8. The minimum Gasteiger partial charge on any atom is -0.393 e. The van der Waals surface area contributed by atoms with Gasteiger partial charge < -0.3 is 25.4 Å². The molecular weight excluding hydrogens is 465 g/mol.